The van der Waals surface area contributed by atoms with E-state index in [9.17, 15) is 14.7 Å². The van der Waals surface area contributed by atoms with Crippen molar-refractivity contribution in [2.24, 2.45) is 0 Å². The number of phenols is 1. The van der Waals surface area contributed by atoms with E-state index in [2.05, 4.69) is 29.6 Å². The van der Waals surface area contributed by atoms with Crippen molar-refractivity contribution in [3.63, 3.8) is 0 Å². The molecule has 3 aromatic carbocycles. The minimum absolute atomic E-state index is 0.00378. The van der Waals surface area contributed by atoms with Crippen molar-refractivity contribution in [2.45, 2.75) is 25.7 Å². The van der Waals surface area contributed by atoms with Gasteiger partial charge >= 0.3 is 6.09 Å². The van der Waals surface area contributed by atoms with E-state index in [0.29, 0.717) is 24.9 Å². The Morgan fingerprint density at radius 1 is 1.00 bits per heavy atom. The van der Waals surface area contributed by atoms with Gasteiger partial charge in [-0.1, -0.05) is 73.7 Å². The third-order valence-corrected chi connectivity index (χ3v) is 5.88. The molecular weight excluding hydrogens is 414 g/mol. The molecule has 168 valence electrons. The molecule has 0 radical (unpaired) electrons. The fourth-order valence-corrected chi connectivity index (χ4v) is 4.20. The molecule has 0 heterocycles. The van der Waals surface area contributed by atoms with Crippen LogP contribution in [0.25, 0.3) is 17.2 Å². The van der Waals surface area contributed by atoms with Crippen LogP contribution in [0.4, 0.5) is 4.79 Å². The van der Waals surface area contributed by atoms with Gasteiger partial charge in [0.25, 0.3) is 0 Å². The highest BCUT2D eigenvalue weighted by atomic mass is 16.5. The number of rotatable bonds is 8. The minimum atomic E-state index is -0.439. The molecule has 0 fully saturated rings. The van der Waals surface area contributed by atoms with E-state index in [0.717, 1.165) is 5.56 Å². The molecule has 3 aromatic rings. The molecule has 1 aliphatic rings. The first-order valence-corrected chi connectivity index (χ1v) is 11.2. The van der Waals surface area contributed by atoms with E-state index in [-0.39, 0.29) is 24.1 Å². The van der Waals surface area contributed by atoms with Crippen LogP contribution in [0.15, 0.2) is 72.8 Å². The van der Waals surface area contributed by atoms with Crippen LogP contribution in [-0.2, 0) is 4.74 Å². The van der Waals surface area contributed by atoms with E-state index in [1.807, 2.05) is 36.4 Å². The average Bonchev–Trinajstić information content (AvgIpc) is 3.16. The summed E-state index contributed by atoms with van der Waals surface area (Å²) in [7, 11) is 0. The number of carbonyl (C=O) groups is 2. The number of nitrogens with one attached hydrogen (secondary N) is 1. The second kappa shape index (κ2) is 10.2. The number of aromatic hydroxyl groups is 1. The second-order valence-corrected chi connectivity index (χ2v) is 8.00. The summed E-state index contributed by atoms with van der Waals surface area (Å²) >= 11 is 0. The number of amides is 1. The predicted molar refractivity (Wildman–Crippen MR) is 129 cm³/mol. The molecule has 1 aliphatic carbocycles. The molecule has 0 saturated carbocycles. The largest absolute Gasteiger partial charge is 0.507 e. The maximum absolute atomic E-state index is 12.2. The molecule has 0 aromatic heterocycles. The van der Waals surface area contributed by atoms with Gasteiger partial charge in [0.05, 0.1) is 5.56 Å². The zero-order chi connectivity index (χ0) is 23.2. The van der Waals surface area contributed by atoms with Crippen LogP contribution in [0.2, 0.25) is 0 Å². The van der Waals surface area contributed by atoms with Crippen molar-refractivity contribution < 1.29 is 19.4 Å². The van der Waals surface area contributed by atoms with E-state index >= 15 is 0 Å². The summed E-state index contributed by atoms with van der Waals surface area (Å²) in [6.45, 7) is 2.49. The van der Waals surface area contributed by atoms with Crippen molar-refractivity contribution in [2.75, 3.05) is 13.2 Å². The number of alkyl carbamates (subject to hydrolysis) is 1. The van der Waals surface area contributed by atoms with Crippen LogP contribution in [0, 0.1) is 0 Å². The summed E-state index contributed by atoms with van der Waals surface area (Å²) in [5.74, 6) is -0.0619. The Bertz CT molecular complexity index is 1150. The van der Waals surface area contributed by atoms with Gasteiger partial charge < -0.3 is 15.2 Å². The minimum Gasteiger partial charge on any atom is -0.507 e. The quantitative estimate of drug-likeness (QED) is 0.336. The Balaban J connectivity index is 1.27. The smallest absolute Gasteiger partial charge is 0.407 e. The molecule has 0 aliphatic heterocycles. The molecule has 4 rings (SSSR count). The first kappa shape index (κ1) is 22.3. The Morgan fingerprint density at radius 3 is 2.33 bits per heavy atom. The van der Waals surface area contributed by atoms with Gasteiger partial charge in [0.15, 0.2) is 5.78 Å². The maximum Gasteiger partial charge on any atom is 0.407 e. The van der Waals surface area contributed by atoms with E-state index in [1.165, 1.54) is 28.3 Å². The third kappa shape index (κ3) is 4.98. The zero-order valence-corrected chi connectivity index (χ0v) is 18.6. The highest BCUT2D eigenvalue weighted by Gasteiger charge is 2.28. The molecule has 0 saturated heterocycles. The SMILES string of the molecule is CCC(=O)c1cc(C=CCCNC(=O)OCC2c3ccccc3-c3ccccc32)ccc1O. The normalized spacial score (nSPS) is 12.4. The summed E-state index contributed by atoms with van der Waals surface area (Å²) in [5.41, 5.74) is 5.92. The third-order valence-electron chi connectivity index (χ3n) is 5.88. The Labute approximate surface area is 193 Å². The highest BCUT2D eigenvalue weighted by molar-refractivity contribution is 5.98. The molecule has 33 heavy (non-hydrogen) atoms. The molecule has 1 amide bonds. The van der Waals surface area contributed by atoms with Crippen LogP contribution >= 0.6 is 0 Å². The standard InChI is InChI=1S/C28H27NO4/c1-2-26(30)24-17-19(14-15-27(24)31)9-7-8-16-29-28(32)33-18-25-22-12-5-3-10-20(22)21-11-4-6-13-23(21)25/h3-7,9-15,17,25,31H,2,8,16,18H2,1H3,(H,29,32). The first-order chi connectivity index (χ1) is 16.1. The van der Waals surface area contributed by atoms with Gasteiger partial charge in [0, 0.05) is 18.9 Å². The zero-order valence-electron chi connectivity index (χ0n) is 18.6. The summed E-state index contributed by atoms with van der Waals surface area (Å²) in [5, 5.41) is 12.6. The summed E-state index contributed by atoms with van der Waals surface area (Å²) < 4.78 is 5.53. The monoisotopic (exact) mass is 441 g/mol. The van der Waals surface area contributed by atoms with Crippen LogP contribution in [0.5, 0.6) is 5.75 Å². The molecule has 0 spiro atoms. The van der Waals surface area contributed by atoms with Gasteiger partial charge in [-0.3, -0.25) is 4.79 Å². The van der Waals surface area contributed by atoms with Crippen molar-refractivity contribution in [1.82, 2.24) is 5.32 Å². The molecular formula is C28H27NO4. The van der Waals surface area contributed by atoms with Gasteiger partial charge in [0.2, 0.25) is 0 Å². The number of Topliss-reactive ketones (excluding diaryl/α,β-unsaturated/α-hetero) is 1. The van der Waals surface area contributed by atoms with E-state index in [1.54, 1.807) is 19.1 Å². The fraction of sp³-hybridized carbons (Fsp3) is 0.214. The number of benzene rings is 3. The van der Waals surface area contributed by atoms with Gasteiger partial charge in [-0.25, -0.2) is 4.79 Å². The van der Waals surface area contributed by atoms with Crippen LogP contribution in [0.3, 0.4) is 0 Å². The lowest BCUT2D eigenvalue weighted by molar-refractivity contribution is 0.0985. The lowest BCUT2D eigenvalue weighted by atomic mass is 9.98. The van der Waals surface area contributed by atoms with Crippen LogP contribution in [-0.4, -0.2) is 30.1 Å². The van der Waals surface area contributed by atoms with Gasteiger partial charge in [-0.05, 0) is 46.4 Å². The summed E-state index contributed by atoms with van der Waals surface area (Å²) in [6.07, 6.45) is 4.29. The number of ketones is 1. The Morgan fingerprint density at radius 2 is 1.67 bits per heavy atom. The van der Waals surface area contributed by atoms with Crippen molar-refractivity contribution in [3.8, 4) is 16.9 Å². The average molecular weight is 442 g/mol. The Hall–Kier alpha value is -3.86. The first-order valence-electron chi connectivity index (χ1n) is 11.2. The van der Waals surface area contributed by atoms with Crippen molar-refractivity contribution >= 4 is 18.0 Å². The topological polar surface area (TPSA) is 75.6 Å². The number of phenolic OH excluding ortho intramolecular Hbond substituents is 1. The number of hydrogen-bond acceptors (Lipinski definition) is 4. The van der Waals surface area contributed by atoms with E-state index in [4.69, 9.17) is 4.74 Å². The molecule has 2 N–H and O–H groups in total. The lowest BCUT2D eigenvalue weighted by Crippen LogP contribution is -2.26. The number of ether oxygens (including phenoxy) is 1. The predicted octanol–water partition coefficient (Wildman–Crippen LogP) is 5.93. The van der Waals surface area contributed by atoms with Gasteiger partial charge in [-0.2, -0.15) is 0 Å². The van der Waals surface area contributed by atoms with Crippen LogP contribution in [0.1, 0.15) is 52.7 Å². The maximum atomic E-state index is 12.2. The number of fused-ring (bicyclic) bond motifs is 3. The van der Waals surface area contributed by atoms with E-state index < -0.39 is 6.09 Å². The summed E-state index contributed by atoms with van der Waals surface area (Å²) in [6, 6.07) is 21.4. The molecule has 0 unspecified atom stereocenters. The molecule has 0 bridgehead atoms. The summed E-state index contributed by atoms with van der Waals surface area (Å²) in [4.78, 5) is 24.1. The molecule has 5 heteroatoms. The van der Waals surface area contributed by atoms with Crippen LogP contribution < -0.4 is 5.32 Å². The number of carbonyl (C=O) groups excluding carboxylic acids is 2. The van der Waals surface area contributed by atoms with Gasteiger partial charge in [-0.15, -0.1) is 0 Å². The van der Waals surface area contributed by atoms with Crippen molar-refractivity contribution in [1.29, 1.82) is 0 Å². The lowest BCUT2D eigenvalue weighted by Gasteiger charge is -2.14. The molecule has 0 atom stereocenters. The van der Waals surface area contributed by atoms with Gasteiger partial charge in [0.1, 0.15) is 12.4 Å². The highest BCUT2D eigenvalue weighted by Crippen LogP contribution is 2.44. The molecule has 5 nitrogen and oxygen atoms in total. The second-order valence-electron chi connectivity index (χ2n) is 8.00. The number of hydrogen-bond donors (Lipinski definition) is 2. The fourth-order valence-electron chi connectivity index (χ4n) is 4.20. The Kier molecular flexibility index (Phi) is 6.89. The van der Waals surface area contributed by atoms with Crippen molar-refractivity contribution in [3.05, 3.63) is 95.1 Å².